The number of esters is 1. The summed E-state index contributed by atoms with van der Waals surface area (Å²) in [6.07, 6.45) is -0.223. The number of nitrogens with one attached hydrogen (secondary N) is 1. The summed E-state index contributed by atoms with van der Waals surface area (Å²) in [7, 11) is 2.66. The second-order valence-electron chi connectivity index (χ2n) is 5.13. The molecule has 2 aromatic carbocycles. The molecule has 1 heterocycles. The molecule has 0 spiro atoms. The van der Waals surface area contributed by atoms with E-state index in [0.29, 0.717) is 5.75 Å². The van der Waals surface area contributed by atoms with Crippen molar-refractivity contribution in [2.24, 2.45) is 0 Å². The number of carbonyl (C=O) groups excluding carboxylic acids is 1. The van der Waals surface area contributed by atoms with Gasteiger partial charge in [-0.25, -0.2) is 8.78 Å². The van der Waals surface area contributed by atoms with Crippen molar-refractivity contribution in [2.45, 2.75) is 6.42 Å². The molecule has 130 valence electrons. The first-order chi connectivity index (χ1) is 12.0. The average molecular weight is 348 g/mol. The fourth-order valence-electron chi connectivity index (χ4n) is 2.31. The molecule has 0 bridgehead atoms. The van der Waals surface area contributed by atoms with Gasteiger partial charge in [0.15, 0.2) is 11.4 Å². The number of hydrogen-bond donors (Lipinski definition) is 1. The third-order valence-corrected chi connectivity index (χ3v) is 3.54. The van der Waals surface area contributed by atoms with Crippen LogP contribution in [0.4, 0.5) is 20.5 Å². The van der Waals surface area contributed by atoms with Crippen LogP contribution in [0.5, 0.6) is 5.75 Å². The lowest BCUT2D eigenvalue weighted by molar-refractivity contribution is -0.139. The Morgan fingerprint density at radius 1 is 1.24 bits per heavy atom. The Kier molecular flexibility index (Phi) is 4.51. The normalized spacial score (nSPS) is 10.7. The van der Waals surface area contributed by atoms with Crippen molar-refractivity contribution in [3.05, 3.63) is 47.5 Å². The molecule has 3 aromatic rings. The van der Waals surface area contributed by atoms with Crippen molar-refractivity contribution in [1.29, 1.82) is 0 Å². The fourth-order valence-corrected chi connectivity index (χ4v) is 2.31. The Morgan fingerprint density at radius 2 is 2.04 bits per heavy atom. The molecule has 0 aliphatic carbocycles. The maximum Gasteiger partial charge on any atom is 0.310 e. The van der Waals surface area contributed by atoms with Crippen LogP contribution in [0.15, 0.2) is 34.7 Å². The van der Waals surface area contributed by atoms with Crippen LogP contribution >= 0.6 is 0 Å². The zero-order chi connectivity index (χ0) is 18.0. The molecule has 0 fully saturated rings. The van der Waals surface area contributed by atoms with Gasteiger partial charge in [-0.05, 0) is 18.2 Å². The minimum absolute atomic E-state index is 0.0342. The lowest BCUT2D eigenvalue weighted by atomic mass is 10.1. The minimum atomic E-state index is -0.699. The molecule has 1 aromatic heterocycles. The van der Waals surface area contributed by atoms with Crippen molar-refractivity contribution >= 4 is 28.8 Å². The lowest BCUT2D eigenvalue weighted by Crippen LogP contribution is -2.06. The maximum atomic E-state index is 14.5. The quantitative estimate of drug-likeness (QED) is 0.711. The lowest BCUT2D eigenvalue weighted by Gasteiger charge is -2.07. The van der Waals surface area contributed by atoms with E-state index in [1.165, 1.54) is 44.6 Å². The third-order valence-electron chi connectivity index (χ3n) is 3.54. The Bertz CT molecular complexity index is 940. The molecule has 8 heteroatoms. The third kappa shape index (κ3) is 3.37. The predicted octanol–water partition coefficient (Wildman–Crippen LogP) is 3.57. The highest BCUT2D eigenvalue weighted by atomic mass is 19.1. The van der Waals surface area contributed by atoms with Gasteiger partial charge >= 0.3 is 5.97 Å². The van der Waals surface area contributed by atoms with Crippen LogP contribution in [0.1, 0.15) is 5.56 Å². The molecule has 0 unspecified atom stereocenters. The molecule has 6 nitrogen and oxygen atoms in total. The highest BCUT2D eigenvalue weighted by molar-refractivity contribution is 5.80. The first-order valence-electron chi connectivity index (χ1n) is 7.27. The van der Waals surface area contributed by atoms with Gasteiger partial charge < -0.3 is 19.2 Å². The number of rotatable bonds is 5. The molecule has 0 radical (unpaired) electrons. The van der Waals surface area contributed by atoms with Gasteiger partial charge in [0.25, 0.3) is 6.01 Å². The molecule has 0 aliphatic rings. The molecule has 1 N–H and O–H groups in total. The molecule has 0 atom stereocenters. The van der Waals surface area contributed by atoms with Crippen LogP contribution in [-0.2, 0) is 16.0 Å². The molecule has 0 amide bonds. The number of fused-ring (bicyclic) bond motifs is 1. The zero-order valence-corrected chi connectivity index (χ0v) is 13.4. The summed E-state index contributed by atoms with van der Waals surface area (Å²) in [5.41, 5.74) is 0.554. The first-order valence-corrected chi connectivity index (χ1v) is 7.27. The van der Waals surface area contributed by atoms with Crippen molar-refractivity contribution in [1.82, 2.24) is 4.98 Å². The summed E-state index contributed by atoms with van der Waals surface area (Å²) in [6, 6.07) is 6.81. The number of benzene rings is 2. The van der Waals surface area contributed by atoms with Gasteiger partial charge in [-0.2, -0.15) is 4.98 Å². The van der Waals surface area contributed by atoms with Crippen LogP contribution < -0.4 is 10.1 Å². The highest BCUT2D eigenvalue weighted by Crippen LogP contribution is 2.31. The van der Waals surface area contributed by atoms with E-state index in [-0.39, 0.29) is 34.8 Å². The second kappa shape index (κ2) is 6.76. The number of methoxy groups -OCH3 is 2. The summed E-state index contributed by atoms with van der Waals surface area (Å²) >= 11 is 0. The van der Waals surface area contributed by atoms with E-state index < -0.39 is 17.6 Å². The Labute approximate surface area is 141 Å². The number of carbonyl (C=O) groups is 1. The van der Waals surface area contributed by atoms with Crippen molar-refractivity contribution in [2.75, 3.05) is 19.5 Å². The Balaban J connectivity index is 1.95. The van der Waals surface area contributed by atoms with E-state index in [2.05, 4.69) is 15.0 Å². The van der Waals surface area contributed by atoms with E-state index >= 15 is 0 Å². The topological polar surface area (TPSA) is 73.6 Å². The van der Waals surface area contributed by atoms with Gasteiger partial charge in [-0.3, -0.25) is 4.79 Å². The van der Waals surface area contributed by atoms with Gasteiger partial charge in [-0.1, -0.05) is 6.07 Å². The van der Waals surface area contributed by atoms with Crippen LogP contribution in [0.25, 0.3) is 11.1 Å². The maximum absolute atomic E-state index is 14.5. The van der Waals surface area contributed by atoms with Gasteiger partial charge in [0.05, 0.1) is 26.3 Å². The summed E-state index contributed by atoms with van der Waals surface area (Å²) in [4.78, 5) is 15.4. The number of oxazole rings is 1. The highest BCUT2D eigenvalue weighted by Gasteiger charge is 2.17. The Morgan fingerprint density at radius 3 is 2.76 bits per heavy atom. The minimum Gasteiger partial charge on any atom is -0.495 e. The van der Waals surface area contributed by atoms with Crippen molar-refractivity contribution in [3.8, 4) is 5.75 Å². The van der Waals surface area contributed by atoms with E-state index in [1.807, 2.05) is 0 Å². The number of ether oxygens (including phenoxy) is 2. The van der Waals surface area contributed by atoms with Gasteiger partial charge in [-0.15, -0.1) is 0 Å². The van der Waals surface area contributed by atoms with E-state index in [9.17, 15) is 13.6 Å². The summed E-state index contributed by atoms with van der Waals surface area (Å²) in [5, 5.41) is 2.75. The van der Waals surface area contributed by atoms with Crippen LogP contribution in [0, 0.1) is 11.6 Å². The SMILES string of the molecule is COC(=O)Cc1ccc2nc(Nc3cc(F)ccc3OC)oc2c1F. The van der Waals surface area contributed by atoms with Crippen molar-refractivity contribution < 1.29 is 27.5 Å². The molecule has 3 rings (SSSR count). The molecule has 25 heavy (non-hydrogen) atoms. The Hall–Kier alpha value is -3.16. The molecular weight excluding hydrogens is 334 g/mol. The second-order valence-corrected chi connectivity index (χ2v) is 5.13. The summed E-state index contributed by atoms with van der Waals surface area (Å²) in [6.45, 7) is 0. The average Bonchev–Trinajstić information content (AvgIpc) is 3.01. The van der Waals surface area contributed by atoms with Gasteiger partial charge in [0.2, 0.25) is 0 Å². The number of aromatic nitrogens is 1. The molecular formula is C17H14F2N2O4. The summed E-state index contributed by atoms with van der Waals surface area (Å²) in [5.74, 6) is -1.38. The molecule has 0 saturated carbocycles. The van der Waals surface area contributed by atoms with Crippen LogP contribution in [0.2, 0.25) is 0 Å². The number of nitrogens with zero attached hydrogens (tertiary/aromatic N) is 1. The van der Waals surface area contributed by atoms with Gasteiger partial charge in [0.1, 0.15) is 17.1 Å². The van der Waals surface area contributed by atoms with E-state index in [0.717, 1.165) is 0 Å². The zero-order valence-electron chi connectivity index (χ0n) is 13.4. The number of halogens is 2. The van der Waals surface area contributed by atoms with E-state index in [1.54, 1.807) is 0 Å². The molecule has 0 saturated heterocycles. The number of hydrogen-bond acceptors (Lipinski definition) is 6. The first kappa shape index (κ1) is 16.7. The number of anilines is 2. The van der Waals surface area contributed by atoms with Crippen LogP contribution in [0.3, 0.4) is 0 Å². The summed E-state index contributed by atoms with van der Waals surface area (Å²) < 4.78 is 42.9. The van der Waals surface area contributed by atoms with Crippen LogP contribution in [-0.4, -0.2) is 25.2 Å². The monoisotopic (exact) mass is 348 g/mol. The molecule has 0 aliphatic heterocycles. The predicted molar refractivity (Wildman–Crippen MR) is 85.9 cm³/mol. The standard InChI is InChI=1S/C17H14F2N2O4/c1-23-13-6-4-10(18)8-12(13)21-17-20-11-5-3-9(7-14(22)24-2)15(19)16(11)25-17/h3-6,8H,7H2,1-2H3,(H,20,21). The van der Waals surface area contributed by atoms with Gasteiger partial charge in [0, 0.05) is 11.6 Å². The smallest absolute Gasteiger partial charge is 0.310 e. The largest absolute Gasteiger partial charge is 0.495 e. The van der Waals surface area contributed by atoms with Crippen molar-refractivity contribution in [3.63, 3.8) is 0 Å². The van der Waals surface area contributed by atoms with E-state index in [4.69, 9.17) is 9.15 Å². The fraction of sp³-hybridized carbons (Fsp3) is 0.176.